The molecule has 0 aliphatic carbocycles. The van der Waals surface area contributed by atoms with Gasteiger partial charge in [0.2, 0.25) is 0 Å². The summed E-state index contributed by atoms with van der Waals surface area (Å²) in [5.41, 5.74) is 10.1. The Labute approximate surface area is 121 Å². The third-order valence-electron chi connectivity index (χ3n) is 3.35. The zero-order chi connectivity index (χ0) is 14.4. The number of nitrogens with two attached hydrogens (primary N) is 1. The maximum atomic E-state index is 6.24. The van der Waals surface area contributed by atoms with E-state index in [2.05, 4.69) is 43.3 Å². The van der Waals surface area contributed by atoms with E-state index in [4.69, 9.17) is 10.5 Å². The molecule has 2 aromatic rings. The first-order valence-electron chi connectivity index (χ1n) is 7.20. The third-order valence-corrected chi connectivity index (χ3v) is 3.35. The van der Waals surface area contributed by atoms with Crippen LogP contribution in [0.3, 0.4) is 0 Å². The molecule has 0 radical (unpaired) electrons. The Hall–Kier alpha value is -1.80. The van der Waals surface area contributed by atoms with Gasteiger partial charge in [-0.05, 0) is 49.9 Å². The van der Waals surface area contributed by atoms with Crippen LogP contribution in [0.2, 0.25) is 0 Å². The van der Waals surface area contributed by atoms with Gasteiger partial charge in [0.25, 0.3) is 0 Å². The number of ether oxygens (including phenoxy) is 1. The number of hydrogen-bond acceptors (Lipinski definition) is 2. The fraction of sp³-hybridized carbons (Fsp3) is 0.333. The predicted molar refractivity (Wildman–Crippen MR) is 84.2 cm³/mol. The van der Waals surface area contributed by atoms with Crippen LogP contribution in [0.4, 0.5) is 0 Å². The molecule has 0 amide bonds. The highest BCUT2D eigenvalue weighted by Crippen LogP contribution is 2.14. The third kappa shape index (κ3) is 4.39. The normalized spacial score (nSPS) is 12.2. The summed E-state index contributed by atoms with van der Waals surface area (Å²) in [6, 6.07) is 17.0. The minimum Gasteiger partial charge on any atom is -0.494 e. The molecule has 2 rings (SSSR count). The zero-order valence-corrected chi connectivity index (χ0v) is 12.3. The Kier molecular flexibility index (Phi) is 5.19. The van der Waals surface area contributed by atoms with E-state index in [0.717, 1.165) is 18.6 Å². The van der Waals surface area contributed by atoms with Gasteiger partial charge in [0.1, 0.15) is 5.75 Å². The maximum Gasteiger partial charge on any atom is 0.119 e. The topological polar surface area (TPSA) is 35.2 Å². The van der Waals surface area contributed by atoms with Crippen molar-refractivity contribution in [2.45, 2.75) is 32.7 Å². The van der Waals surface area contributed by atoms with Crippen molar-refractivity contribution in [3.8, 4) is 5.75 Å². The highest BCUT2D eigenvalue weighted by Gasteiger charge is 2.06. The van der Waals surface area contributed by atoms with E-state index in [0.29, 0.717) is 6.61 Å². The Morgan fingerprint density at radius 1 is 0.900 bits per heavy atom. The summed E-state index contributed by atoms with van der Waals surface area (Å²) in [4.78, 5) is 0. The number of hydrogen-bond donors (Lipinski definition) is 1. The summed E-state index contributed by atoms with van der Waals surface area (Å²) < 4.78 is 5.44. The molecule has 0 saturated carbocycles. The van der Waals surface area contributed by atoms with Gasteiger partial charge in [0, 0.05) is 6.04 Å². The number of rotatable bonds is 6. The summed E-state index contributed by atoms with van der Waals surface area (Å²) >= 11 is 0. The van der Waals surface area contributed by atoms with Crippen molar-refractivity contribution in [3.05, 3.63) is 65.2 Å². The molecule has 106 valence electrons. The average Bonchev–Trinajstić information content (AvgIpc) is 2.44. The first-order valence-corrected chi connectivity index (χ1v) is 7.20. The van der Waals surface area contributed by atoms with Crippen LogP contribution in [0.5, 0.6) is 5.75 Å². The van der Waals surface area contributed by atoms with Crippen LogP contribution < -0.4 is 10.5 Å². The first kappa shape index (κ1) is 14.6. The number of aryl methyl sites for hydroxylation is 1. The summed E-state index contributed by atoms with van der Waals surface area (Å²) in [6.45, 7) is 4.79. The molecular formula is C18H23NO. The van der Waals surface area contributed by atoms with Gasteiger partial charge in [0.15, 0.2) is 0 Å². The Morgan fingerprint density at radius 3 is 1.90 bits per heavy atom. The van der Waals surface area contributed by atoms with Gasteiger partial charge in [-0.2, -0.15) is 0 Å². The second-order valence-electron chi connectivity index (χ2n) is 5.23. The lowest BCUT2D eigenvalue weighted by molar-refractivity contribution is 0.340. The summed E-state index contributed by atoms with van der Waals surface area (Å²) in [5.74, 6) is 0.920. The molecule has 1 atom stereocenters. The highest BCUT2D eigenvalue weighted by atomic mass is 16.5. The van der Waals surface area contributed by atoms with Crippen molar-refractivity contribution in [1.82, 2.24) is 0 Å². The molecule has 0 bridgehead atoms. The lowest BCUT2D eigenvalue weighted by atomic mass is 9.99. The SMILES string of the molecule is CCOc1ccc(CC(N)Cc2ccc(C)cc2)cc1. The minimum atomic E-state index is 0.149. The van der Waals surface area contributed by atoms with E-state index in [1.165, 1.54) is 16.7 Å². The molecule has 0 heterocycles. The van der Waals surface area contributed by atoms with E-state index in [9.17, 15) is 0 Å². The van der Waals surface area contributed by atoms with Crippen LogP contribution in [0.1, 0.15) is 23.6 Å². The van der Waals surface area contributed by atoms with E-state index in [1.54, 1.807) is 0 Å². The van der Waals surface area contributed by atoms with Gasteiger partial charge in [-0.3, -0.25) is 0 Å². The van der Waals surface area contributed by atoms with Gasteiger partial charge < -0.3 is 10.5 Å². The summed E-state index contributed by atoms with van der Waals surface area (Å²) in [5, 5.41) is 0. The Balaban J connectivity index is 1.90. The van der Waals surface area contributed by atoms with Gasteiger partial charge in [-0.15, -0.1) is 0 Å². The molecule has 0 aliphatic rings. The molecule has 2 N–H and O–H groups in total. The monoisotopic (exact) mass is 269 g/mol. The van der Waals surface area contributed by atoms with Crippen molar-refractivity contribution in [3.63, 3.8) is 0 Å². The molecule has 1 unspecified atom stereocenters. The van der Waals surface area contributed by atoms with E-state index in [1.807, 2.05) is 19.1 Å². The lowest BCUT2D eigenvalue weighted by Gasteiger charge is -2.12. The Bertz CT molecular complexity index is 516. The summed E-state index contributed by atoms with van der Waals surface area (Å²) in [6.07, 6.45) is 1.80. The quantitative estimate of drug-likeness (QED) is 0.871. The molecule has 0 aromatic heterocycles. The van der Waals surface area contributed by atoms with Crippen LogP contribution >= 0.6 is 0 Å². The molecule has 2 nitrogen and oxygen atoms in total. The van der Waals surface area contributed by atoms with Crippen LogP contribution in [0.25, 0.3) is 0 Å². The van der Waals surface area contributed by atoms with Crippen molar-refractivity contribution in [1.29, 1.82) is 0 Å². The number of benzene rings is 2. The van der Waals surface area contributed by atoms with Gasteiger partial charge in [0.05, 0.1) is 6.61 Å². The smallest absolute Gasteiger partial charge is 0.119 e. The van der Waals surface area contributed by atoms with E-state index < -0.39 is 0 Å². The first-order chi connectivity index (χ1) is 9.67. The molecule has 0 fully saturated rings. The molecule has 0 aliphatic heterocycles. The average molecular weight is 269 g/mol. The molecule has 0 saturated heterocycles. The fourth-order valence-corrected chi connectivity index (χ4v) is 2.29. The largest absolute Gasteiger partial charge is 0.494 e. The highest BCUT2D eigenvalue weighted by molar-refractivity contribution is 5.28. The lowest BCUT2D eigenvalue weighted by Crippen LogP contribution is -2.25. The molecule has 0 spiro atoms. The van der Waals surface area contributed by atoms with Crippen LogP contribution in [-0.4, -0.2) is 12.6 Å². The molecule has 2 heteroatoms. The van der Waals surface area contributed by atoms with Gasteiger partial charge in [-0.25, -0.2) is 0 Å². The van der Waals surface area contributed by atoms with Crippen molar-refractivity contribution in [2.24, 2.45) is 5.73 Å². The molecule has 2 aromatic carbocycles. The minimum absolute atomic E-state index is 0.149. The standard InChI is InChI=1S/C18H23NO/c1-3-20-18-10-8-16(9-11-18)13-17(19)12-15-6-4-14(2)5-7-15/h4-11,17H,3,12-13,19H2,1-2H3. The van der Waals surface area contributed by atoms with Gasteiger partial charge in [-0.1, -0.05) is 42.0 Å². The molecular weight excluding hydrogens is 246 g/mol. The summed E-state index contributed by atoms with van der Waals surface area (Å²) in [7, 11) is 0. The van der Waals surface area contributed by atoms with E-state index >= 15 is 0 Å². The van der Waals surface area contributed by atoms with Crippen molar-refractivity contribution < 1.29 is 4.74 Å². The molecule has 20 heavy (non-hydrogen) atoms. The predicted octanol–water partition coefficient (Wildman–Crippen LogP) is 3.51. The Morgan fingerprint density at radius 2 is 1.40 bits per heavy atom. The second-order valence-corrected chi connectivity index (χ2v) is 5.23. The van der Waals surface area contributed by atoms with Crippen molar-refractivity contribution >= 4 is 0 Å². The van der Waals surface area contributed by atoms with E-state index in [-0.39, 0.29) is 6.04 Å². The van der Waals surface area contributed by atoms with Crippen molar-refractivity contribution in [2.75, 3.05) is 6.61 Å². The fourth-order valence-electron chi connectivity index (χ4n) is 2.29. The van der Waals surface area contributed by atoms with Crippen LogP contribution in [0.15, 0.2) is 48.5 Å². The zero-order valence-electron chi connectivity index (χ0n) is 12.3. The van der Waals surface area contributed by atoms with Crippen LogP contribution in [-0.2, 0) is 12.8 Å². The maximum absolute atomic E-state index is 6.24. The van der Waals surface area contributed by atoms with Gasteiger partial charge >= 0.3 is 0 Å². The van der Waals surface area contributed by atoms with Crippen LogP contribution in [0, 0.1) is 6.92 Å². The second kappa shape index (κ2) is 7.11.